The monoisotopic (exact) mass is 273 g/mol. The van der Waals surface area contributed by atoms with E-state index in [-0.39, 0.29) is 11.9 Å². The van der Waals surface area contributed by atoms with E-state index in [4.69, 9.17) is 0 Å². The Hall–Kier alpha value is -2.61. The summed E-state index contributed by atoms with van der Waals surface area (Å²) in [4.78, 5) is 14.6. The van der Waals surface area contributed by atoms with Gasteiger partial charge in [-0.3, -0.25) is 4.79 Å². The Labute approximate surface area is 123 Å². The minimum Gasteiger partial charge on any atom is -0.331 e. The Morgan fingerprint density at radius 2 is 1.57 bits per heavy atom. The molecule has 0 aromatic heterocycles. The van der Waals surface area contributed by atoms with Gasteiger partial charge in [-0.15, -0.1) is 0 Å². The van der Waals surface area contributed by atoms with Gasteiger partial charge in [0.05, 0.1) is 6.04 Å². The van der Waals surface area contributed by atoms with Crippen LogP contribution in [0.25, 0.3) is 10.8 Å². The normalized spacial score (nSPS) is 17.3. The number of rotatable bonds is 1. The zero-order valence-corrected chi connectivity index (χ0v) is 11.8. The van der Waals surface area contributed by atoms with E-state index in [1.54, 1.807) is 0 Å². The number of hydrogen-bond acceptors (Lipinski definition) is 1. The van der Waals surface area contributed by atoms with Gasteiger partial charge in [0.2, 0.25) is 0 Å². The largest absolute Gasteiger partial charge is 0.331 e. The molecule has 0 radical (unpaired) electrons. The third-order valence-electron chi connectivity index (χ3n) is 4.28. The Kier molecular flexibility index (Phi) is 2.58. The van der Waals surface area contributed by atoms with Crippen LogP contribution in [-0.4, -0.2) is 17.9 Å². The maximum Gasteiger partial charge on any atom is 0.255 e. The van der Waals surface area contributed by atoms with Crippen LogP contribution in [0, 0.1) is 0 Å². The molecular weight excluding hydrogens is 258 g/mol. The number of amides is 1. The highest BCUT2D eigenvalue weighted by Crippen LogP contribution is 2.39. The molecule has 102 valence electrons. The van der Waals surface area contributed by atoms with Crippen LogP contribution < -0.4 is 0 Å². The first-order valence-electron chi connectivity index (χ1n) is 7.11. The molecule has 0 saturated carbocycles. The molecule has 1 heterocycles. The summed E-state index contributed by atoms with van der Waals surface area (Å²) in [6.07, 6.45) is 0. The van der Waals surface area contributed by atoms with E-state index in [0.717, 1.165) is 21.9 Å². The number of hydrogen-bond donors (Lipinski definition) is 0. The minimum absolute atomic E-state index is 0.0164. The summed E-state index contributed by atoms with van der Waals surface area (Å²) in [6, 6.07) is 22.4. The van der Waals surface area contributed by atoms with Crippen LogP contribution in [0.15, 0.2) is 66.7 Å². The van der Waals surface area contributed by atoms with Gasteiger partial charge in [0.15, 0.2) is 0 Å². The van der Waals surface area contributed by atoms with Crippen molar-refractivity contribution < 1.29 is 4.79 Å². The minimum atomic E-state index is -0.0164. The summed E-state index contributed by atoms with van der Waals surface area (Å²) in [5.41, 5.74) is 3.16. The molecule has 2 heteroatoms. The highest BCUT2D eigenvalue weighted by molar-refractivity contribution is 6.10. The SMILES string of the molecule is CN1C(=O)c2cccc3cccc(c23)C1c1ccccc1. The van der Waals surface area contributed by atoms with Gasteiger partial charge < -0.3 is 4.90 Å². The van der Waals surface area contributed by atoms with E-state index >= 15 is 0 Å². The fraction of sp³-hybridized carbons (Fsp3) is 0.105. The van der Waals surface area contributed by atoms with Gasteiger partial charge in [0.25, 0.3) is 5.91 Å². The fourth-order valence-corrected chi connectivity index (χ4v) is 3.33. The Bertz CT molecular complexity index is 833. The average molecular weight is 273 g/mol. The summed E-state index contributed by atoms with van der Waals surface area (Å²) in [5.74, 6) is 0.0909. The first kappa shape index (κ1) is 12.2. The molecular formula is C19H15NO. The zero-order chi connectivity index (χ0) is 14.4. The van der Waals surface area contributed by atoms with E-state index in [9.17, 15) is 4.79 Å². The molecule has 3 aromatic carbocycles. The van der Waals surface area contributed by atoms with Gasteiger partial charge in [0, 0.05) is 18.0 Å². The summed E-state index contributed by atoms with van der Waals surface area (Å²) < 4.78 is 0. The molecule has 4 rings (SSSR count). The molecule has 21 heavy (non-hydrogen) atoms. The van der Waals surface area contributed by atoms with Crippen molar-refractivity contribution in [2.45, 2.75) is 6.04 Å². The molecule has 0 bridgehead atoms. The molecule has 3 aromatic rings. The van der Waals surface area contributed by atoms with Crippen LogP contribution >= 0.6 is 0 Å². The number of carbonyl (C=O) groups excluding carboxylic acids is 1. The molecule has 1 atom stereocenters. The number of benzene rings is 3. The molecule has 0 N–H and O–H groups in total. The Morgan fingerprint density at radius 1 is 0.857 bits per heavy atom. The summed E-state index contributed by atoms with van der Waals surface area (Å²) in [7, 11) is 1.88. The van der Waals surface area contributed by atoms with Crippen molar-refractivity contribution in [3.63, 3.8) is 0 Å². The zero-order valence-electron chi connectivity index (χ0n) is 11.8. The van der Waals surface area contributed by atoms with Crippen molar-refractivity contribution in [3.8, 4) is 0 Å². The van der Waals surface area contributed by atoms with E-state index in [0.29, 0.717) is 0 Å². The van der Waals surface area contributed by atoms with Crippen molar-refractivity contribution >= 4 is 16.7 Å². The van der Waals surface area contributed by atoms with Gasteiger partial charge in [-0.2, -0.15) is 0 Å². The van der Waals surface area contributed by atoms with Gasteiger partial charge in [-0.1, -0.05) is 60.7 Å². The van der Waals surface area contributed by atoms with Crippen LogP contribution in [0.1, 0.15) is 27.5 Å². The van der Waals surface area contributed by atoms with E-state index in [2.05, 4.69) is 36.4 Å². The second-order valence-corrected chi connectivity index (χ2v) is 5.48. The van der Waals surface area contributed by atoms with Crippen LogP contribution in [0.4, 0.5) is 0 Å². The van der Waals surface area contributed by atoms with Gasteiger partial charge in [0.1, 0.15) is 0 Å². The highest BCUT2D eigenvalue weighted by atomic mass is 16.2. The quantitative estimate of drug-likeness (QED) is 0.656. The summed E-state index contributed by atoms with van der Waals surface area (Å²) in [6.45, 7) is 0. The molecule has 0 fully saturated rings. The predicted molar refractivity (Wildman–Crippen MR) is 84.3 cm³/mol. The Balaban J connectivity index is 2.07. The third-order valence-corrected chi connectivity index (χ3v) is 4.28. The third kappa shape index (κ3) is 1.69. The van der Waals surface area contributed by atoms with Crippen LogP contribution in [0.5, 0.6) is 0 Å². The molecule has 1 aliphatic heterocycles. The van der Waals surface area contributed by atoms with Crippen molar-refractivity contribution in [2.24, 2.45) is 0 Å². The summed E-state index contributed by atoms with van der Waals surface area (Å²) in [5, 5.41) is 2.23. The van der Waals surface area contributed by atoms with Crippen LogP contribution in [0.2, 0.25) is 0 Å². The van der Waals surface area contributed by atoms with Crippen molar-refractivity contribution in [2.75, 3.05) is 7.05 Å². The molecule has 1 aliphatic rings. The van der Waals surface area contributed by atoms with E-state index < -0.39 is 0 Å². The molecule has 0 aliphatic carbocycles. The standard InChI is InChI=1S/C19H15NO/c1-20-18(14-7-3-2-4-8-14)15-11-5-9-13-10-6-12-16(17(13)15)19(20)21/h2-12,18H,1H3. The number of nitrogens with zero attached hydrogens (tertiary/aromatic N) is 1. The van der Waals surface area contributed by atoms with Crippen molar-refractivity contribution in [1.29, 1.82) is 0 Å². The summed E-state index contributed by atoms with van der Waals surface area (Å²) >= 11 is 0. The van der Waals surface area contributed by atoms with Gasteiger partial charge >= 0.3 is 0 Å². The van der Waals surface area contributed by atoms with Crippen molar-refractivity contribution in [3.05, 3.63) is 83.4 Å². The lowest BCUT2D eigenvalue weighted by molar-refractivity contribution is 0.0749. The molecule has 0 saturated heterocycles. The van der Waals surface area contributed by atoms with Crippen molar-refractivity contribution in [1.82, 2.24) is 4.90 Å². The lowest BCUT2D eigenvalue weighted by Gasteiger charge is -2.34. The van der Waals surface area contributed by atoms with Crippen LogP contribution in [0.3, 0.4) is 0 Å². The van der Waals surface area contributed by atoms with E-state index in [1.165, 1.54) is 5.56 Å². The van der Waals surface area contributed by atoms with E-state index in [1.807, 2.05) is 42.3 Å². The smallest absolute Gasteiger partial charge is 0.255 e. The molecule has 1 unspecified atom stereocenters. The van der Waals surface area contributed by atoms with Gasteiger partial charge in [-0.25, -0.2) is 0 Å². The number of carbonyl (C=O) groups is 1. The molecule has 0 spiro atoms. The van der Waals surface area contributed by atoms with Gasteiger partial charge in [-0.05, 0) is 22.6 Å². The second-order valence-electron chi connectivity index (χ2n) is 5.48. The first-order chi connectivity index (χ1) is 10.3. The second kappa shape index (κ2) is 4.45. The average Bonchev–Trinajstić information content (AvgIpc) is 2.54. The Morgan fingerprint density at radius 3 is 2.33 bits per heavy atom. The maximum absolute atomic E-state index is 12.7. The molecule has 2 nitrogen and oxygen atoms in total. The lowest BCUT2D eigenvalue weighted by Crippen LogP contribution is -2.35. The topological polar surface area (TPSA) is 20.3 Å². The fourth-order valence-electron chi connectivity index (χ4n) is 3.33. The maximum atomic E-state index is 12.7. The predicted octanol–water partition coefficient (Wildman–Crippen LogP) is 4.01. The first-order valence-corrected chi connectivity index (χ1v) is 7.11. The lowest BCUT2D eigenvalue weighted by atomic mass is 9.86. The molecule has 1 amide bonds. The van der Waals surface area contributed by atoms with Crippen LogP contribution in [-0.2, 0) is 0 Å². The highest BCUT2D eigenvalue weighted by Gasteiger charge is 2.32.